The van der Waals surface area contributed by atoms with E-state index in [0.717, 1.165) is 56.1 Å². The van der Waals surface area contributed by atoms with Gasteiger partial charge in [-0.25, -0.2) is 0 Å². The van der Waals surface area contributed by atoms with Crippen molar-refractivity contribution < 1.29 is 47.6 Å². The summed E-state index contributed by atoms with van der Waals surface area (Å²) in [6, 6.07) is 26.5. The van der Waals surface area contributed by atoms with Crippen LogP contribution in [0.2, 0.25) is 0 Å². The minimum Gasteiger partial charge on any atom is -0.497 e. The third-order valence-corrected chi connectivity index (χ3v) is 12.7. The Kier molecular flexibility index (Phi) is 24.9. The molecule has 0 N–H and O–H groups in total. The van der Waals surface area contributed by atoms with Gasteiger partial charge in [0, 0.05) is 33.7 Å². The first-order valence-electron chi connectivity index (χ1n) is 25.4. The number of rotatable bonds is 32. The summed E-state index contributed by atoms with van der Waals surface area (Å²) in [6.07, 6.45) is 15.6. The molecule has 0 aliphatic carbocycles. The highest BCUT2D eigenvalue weighted by atomic mass is 16.7. The van der Waals surface area contributed by atoms with Crippen molar-refractivity contribution in [3.05, 3.63) is 96.1 Å². The second kappa shape index (κ2) is 30.5. The molecular formula is C56H81NO10. The van der Waals surface area contributed by atoms with Gasteiger partial charge in [-0.05, 0) is 48.2 Å². The third kappa shape index (κ3) is 17.6. The molecule has 1 aliphatic heterocycles. The number of unbranched alkanes of at least 4 members (excludes halogenated alkanes) is 17. The highest BCUT2D eigenvalue weighted by Crippen LogP contribution is 2.50. The fourth-order valence-electron chi connectivity index (χ4n) is 9.50. The maximum Gasteiger partial charge on any atom is 0.303 e. The van der Waals surface area contributed by atoms with Gasteiger partial charge < -0.3 is 33.3 Å². The summed E-state index contributed by atoms with van der Waals surface area (Å²) < 4.78 is 38.1. The number of amides is 1. The molecule has 4 rings (SSSR count). The molecule has 11 heteroatoms. The molecule has 3 aromatic carbocycles. The summed E-state index contributed by atoms with van der Waals surface area (Å²) in [5, 5.41) is 0. The van der Waals surface area contributed by atoms with E-state index in [1.54, 1.807) is 36.3 Å². The average molecular weight is 928 g/mol. The standard InChI is InChI=1S/C56H81NO10/c1-7-9-11-13-15-17-19-21-23-31-41-57(51(61)36-30-22-20-18-16-14-12-10-8-2)56(52(46-32-26-24-27-33-46)47-34-28-25-29-35-47)55(66-45(5)60)54(65-44(4)59)53(64-43(3)58)50(67-56)42-63-49-39-37-48(62-6)38-40-49/h24-29,32-35,37-40,50,52-55H,7-23,30-31,36,41-42H2,1-6H3/t50-,53+,54+,55-,56-/m1/s1. The van der Waals surface area contributed by atoms with Gasteiger partial charge in [0.15, 0.2) is 24.0 Å². The van der Waals surface area contributed by atoms with Crippen LogP contribution in [0.15, 0.2) is 84.9 Å². The monoisotopic (exact) mass is 928 g/mol. The van der Waals surface area contributed by atoms with Crippen molar-refractivity contribution in [1.82, 2.24) is 4.90 Å². The molecular weight excluding hydrogens is 847 g/mol. The van der Waals surface area contributed by atoms with E-state index in [1.165, 1.54) is 85.0 Å². The van der Waals surface area contributed by atoms with Gasteiger partial charge >= 0.3 is 17.9 Å². The highest BCUT2D eigenvalue weighted by molar-refractivity contribution is 5.78. The van der Waals surface area contributed by atoms with E-state index in [0.29, 0.717) is 24.3 Å². The molecule has 0 saturated carbocycles. The molecule has 3 aromatic rings. The first-order valence-corrected chi connectivity index (χ1v) is 25.4. The molecule has 0 bridgehead atoms. The first kappa shape index (κ1) is 54.7. The molecule has 5 atom stereocenters. The van der Waals surface area contributed by atoms with Gasteiger partial charge in [-0.1, -0.05) is 184 Å². The van der Waals surface area contributed by atoms with Crippen LogP contribution in [0.3, 0.4) is 0 Å². The number of benzene rings is 3. The van der Waals surface area contributed by atoms with Crippen molar-refractivity contribution in [2.75, 3.05) is 20.3 Å². The number of carbonyl (C=O) groups is 4. The normalized spacial score (nSPS) is 19.1. The Morgan fingerprint density at radius 3 is 1.45 bits per heavy atom. The molecule has 370 valence electrons. The lowest BCUT2D eigenvalue weighted by Gasteiger charge is -2.58. The van der Waals surface area contributed by atoms with Crippen LogP contribution < -0.4 is 9.47 Å². The van der Waals surface area contributed by atoms with Crippen LogP contribution in [0.1, 0.15) is 180 Å². The Bertz CT molecular complexity index is 1820. The van der Waals surface area contributed by atoms with Gasteiger partial charge in [-0.2, -0.15) is 0 Å². The summed E-state index contributed by atoms with van der Waals surface area (Å²) in [4.78, 5) is 57.4. The van der Waals surface area contributed by atoms with E-state index in [4.69, 9.17) is 28.4 Å². The molecule has 1 fully saturated rings. The van der Waals surface area contributed by atoms with Crippen molar-refractivity contribution in [2.24, 2.45) is 0 Å². The zero-order valence-electron chi connectivity index (χ0n) is 41.6. The number of hydrogen-bond acceptors (Lipinski definition) is 10. The molecule has 0 radical (unpaired) electrons. The van der Waals surface area contributed by atoms with E-state index < -0.39 is 54.0 Å². The molecule has 1 aliphatic rings. The third-order valence-electron chi connectivity index (χ3n) is 12.7. The fraction of sp³-hybridized carbons (Fsp3) is 0.607. The molecule has 11 nitrogen and oxygen atoms in total. The topological polar surface area (TPSA) is 127 Å². The summed E-state index contributed by atoms with van der Waals surface area (Å²) >= 11 is 0. The van der Waals surface area contributed by atoms with Crippen LogP contribution in [0, 0.1) is 0 Å². The van der Waals surface area contributed by atoms with Crippen LogP contribution >= 0.6 is 0 Å². The molecule has 0 spiro atoms. The van der Waals surface area contributed by atoms with E-state index in [1.807, 2.05) is 60.7 Å². The second-order valence-electron chi connectivity index (χ2n) is 18.1. The van der Waals surface area contributed by atoms with Gasteiger partial charge in [0.25, 0.3) is 0 Å². The summed E-state index contributed by atoms with van der Waals surface area (Å²) in [7, 11) is 1.58. The SMILES string of the molecule is CCCCCCCCCCCCN(C(=O)CCCCCCCCCCC)[C@]1(C(c2ccccc2)c2ccccc2)O[C@H](COc2ccc(OC)cc2)[C@H](OC(C)=O)[C@H](OC(C)=O)[C@H]1OC(C)=O. The Balaban J connectivity index is 1.91. The van der Waals surface area contributed by atoms with Crippen LogP contribution in [0.4, 0.5) is 0 Å². The van der Waals surface area contributed by atoms with Gasteiger partial charge in [0.2, 0.25) is 5.91 Å². The summed E-state index contributed by atoms with van der Waals surface area (Å²) in [6.45, 7) is 8.33. The molecule has 1 saturated heterocycles. The zero-order valence-corrected chi connectivity index (χ0v) is 41.6. The van der Waals surface area contributed by atoms with Gasteiger partial charge in [-0.15, -0.1) is 0 Å². The Morgan fingerprint density at radius 2 is 0.985 bits per heavy atom. The van der Waals surface area contributed by atoms with Gasteiger partial charge in [-0.3, -0.25) is 19.2 Å². The predicted octanol–water partition coefficient (Wildman–Crippen LogP) is 12.5. The number of esters is 3. The smallest absolute Gasteiger partial charge is 0.303 e. The van der Waals surface area contributed by atoms with Crippen LogP contribution in [0.5, 0.6) is 11.5 Å². The minimum atomic E-state index is -1.87. The van der Waals surface area contributed by atoms with Crippen LogP contribution in [0.25, 0.3) is 0 Å². The Morgan fingerprint density at radius 1 is 0.552 bits per heavy atom. The van der Waals surface area contributed by atoms with Crippen molar-refractivity contribution >= 4 is 23.8 Å². The number of hydrogen-bond donors (Lipinski definition) is 0. The second-order valence-corrected chi connectivity index (χ2v) is 18.1. The zero-order chi connectivity index (χ0) is 48.3. The molecule has 0 aromatic heterocycles. The number of nitrogens with zero attached hydrogens (tertiary/aromatic N) is 1. The van der Waals surface area contributed by atoms with E-state index in [9.17, 15) is 14.4 Å². The van der Waals surface area contributed by atoms with E-state index in [2.05, 4.69) is 13.8 Å². The average Bonchev–Trinajstić information content (AvgIpc) is 3.32. The lowest BCUT2D eigenvalue weighted by atomic mass is 9.73. The van der Waals surface area contributed by atoms with E-state index >= 15 is 4.79 Å². The van der Waals surface area contributed by atoms with Gasteiger partial charge in [0.1, 0.15) is 24.2 Å². The maximum absolute atomic E-state index is 15.5. The van der Waals surface area contributed by atoms with Crippen LogP contribution in [-0.2, 0) is 38.1 Å². The van der Waals surface area contributed by atoms with Crippen molar-refractivity contribution in [3.8, 4) is 11.5 Å². The minimum absolute atomic E-state index is 0.171. The maximum atomic E-state index is 15.5. The molecule has 0 unspecified atom stereocenters. The quantitative estimate of drug-likeness (QED) is 0.0339. The van der Waals surface area contributed by atoms with Crippen molar-refractivity contribution in [1.29, 1.82) is 0 Å². The fourth-order valence-corrected chi connectivity index (χ4v) is 9.50. The Labute approximate surface area is 401 Å². The molecule has 67 heavy (non-hydrogen) atoms. The molecule has 1 heterocycles. The lowest BCUT2D eigenvalue weighted by Crippen LogP contribution is -2.76. The first-order chi connectivity index (χ1) is 32.5. The highest BCUT2D eigenvalue weighted by Gasteiger charge is 2.66. The van der Waals surface area contributed by atoms with Crippen LogP contribution in [-0.4, -0.2) is 79.1 Å². The van der Waals surface area contributed by atoms with Crippen molar-refractivity contribution in [2.45, 2.75) is 199 Å². The lowest BCUT2D eigenvalue weighted by molar-refractivity contribution is -0.324. The molecule has 1 amide bonds. The number of methoxy groups -OCH3 is 1. The van der Waals surface area contributed by atoms with E-state index in [-0.39, 0.29) is 25.5 Å². The largest absolute Gasteiger partial charge is 0.497 e. The summed E-state index contributed by atoms with van der Waals surface area (Å²) in [5.74, 6) is -1.91. The number of carbonyl (C=O) groups excluding carboxylic acids is 4. The van der Waals surface area contributed by atoms with Crippen molar-refractivity contribution in [3.63, 3.8) is 0 Å². The predicted molar refractivity (Wildman–Crippen MR) is 263 cm³/mol. The summed E-state index contributed by atoms with van der Waals surface area (Å²) in [5.41, 5.74) is -0.316. The van der Waals surface area contributed by atoms with Gasteiger partial charge in [0.05, 0.1) is 13.0 Å². The Hall–Kier alpha value is -4.90. The number of ether oxygens (including phenoxy) is 6.